The molecule has 2 aromatic carbocycles. The number of carbonyl (C=O) groups excluding carboxylic acids is 11. The van der Waals surface area contributed by atoms with Crippen LogP contribution in [0.1, 0.15) is 144 Å². The Bertz CT molecular complexity index is 3250. The molecule has 0 aliphatic carbocycles. The van der Waals surface area contributed by atoms with Crippen LogP contribution < -0.4 is 31.9 Å². The highest BCUT2D eigenvalue weighted by Gasteiger charge is 2.48. The standard InChI is InChI=1S/C68H94N12O11/c1-10-68(8,9)80-39-45(46-23-14-15-24-51(46)80)38-48-59(83)71-47(35-40(2)3)58(82)73-50(37-44-21-12-11-13-22-44)65(89)79-34-20-29-56(79)67(91)77-32-18-27-54(77)62(86)74-49(36-41(4)5)64(88)75-30-16-25-52(75)60(84)69-42(6)57(81)70-43(7)63(87)78-33-19-28-55(78)66(90)76-31-17-26-53(76)61(85)72-48/h10-15,21-24,39-43,47-50,52-56H,1,16-20,25-38H2,2-9H3,(H,69,84)(H,70,81)(H,71,83)(H,72,85)(H,73,82)(H,74,86)/t42-,43?,47-,48-,49-,50-,52-,53-,54-,55-,56-/m0/s1. The Balaban J connectivity index is 1.06. The van der Waals surface area contributed by atoms with Gasteiger partial charge in [0, 0.05) is 62.7 Å². The van der Waals surface area contributed by atoms with Crippen LogP contribution in [0.5, 0.6) is 0 Å². The summed E-state index contributed by atoms with van der Waals surface area (Å²) in [6, 6.07) is 4.75. The lowest BCUT2D eigenvalue weighted by atomic mass is 9.99. The molecule has 6 saturated heterocycles. The van der Waals surface area contributed by atoms with Crippen LogP contribution in [0.25, 0.3) is 10.9 Å². The molecule has 6 aliphatic rings. The lowest BCUT2D eigenvalue weighted by Crippen LogP contribution is -2.60. The van der Waals surface area contributed by atoms with E-state index in [1.165, 1.54) is 38.3 Å². The van der Waals surface area contributed by atoms with E-state index < -0.39 is 137 Å². The first-order chi connectivity index (χ1) is 43.4. The van der Waals surface area contributed by atoms with Crippen LogP contribution in [0.2, 0.25) is 0 Å². The summed E-state index contributed by atoms with van der Waals surface area (Å²) in [5.41, 5.74) is 1.71. The van der Waals surface area contributed by atoms with Crippen molar-refractivity contribution in [3.8, 4) is 0 Å². The third kappa shape index (κ3) is 15.1. The summed E-state index contributed by atoms with van der Waals surface area (Å²) in [5, 5.41) is 18.2. The van der Waals surface area contributed by atoms with Gasteiger partial charge >= 0.3 is 0 Å². The number of carbonyl (C=O) groups is 11. The molecule has 91 heavy (non-hydrogen) atoms. The Morgan fingerprint density at radius 1 is 0.451 bits per heavy atom. The Hall–Kier alpha value is -8.11. The fourth-order valence-electron chi connectivity index (χ4n) is 14.2. The summed E-state index contributed by atoms with van der Waals surface area (Å²) in [6.07, 6.45) is 7.86. The first-order valence-electron chi connectivity index (χ1n) is 33.0. The van der Waals surface area contributed by atoms with E-state index >= 15 is 19.2 Å². The van der Waals surface area contributed by atoms with Gasteiger partial charge in [0.1, 0.15) is 66.5 Å². The first-order valence-corrected chi connectivity index (χ1v) is 33.0. The maximum absolute atomic E-state index is 15.3. The van der Waals surface area contributed by atoms with Crippen molar-refractivity contribution in [3.63, 3.8) is 0 Å². The second-order valence-electron chi connectivity index (χ2n) is 27.2. The zero-order valence-corrected chi connectivity index (χ0v) is 54.2. The van der Waals surface area contributed by atoms with Crippen molar-refractivity contribution >= 4 is 75.9 Å². The van der Waals surface area contributed by atoms with Gasteiger partial charge < -0.3 is 61.0 Å². The third-order valence-corrected chi connectivity index (χ3v) is 19.2. The van der Waals surface area contributed by atoms with Gasteiger partial charge in [-0.2, -0.15) is 0 Å². The Kier molecular flexibility index (Phi) is 21.5. The molecule has 11 amide bonds. The molecule has 6 N–H and O–H groups in total. The molecule has 3 aromatic rings. The number of nitrogens with zero attached hydrogens (tertiary/aromatic N) is 6. The first kappa shape index (κ1) is 67.3. The minimum Gasteiger partial charge on any atom is -0.343 e. The van der Waals surface area contributed by atoms with Crippen LogP contribution in [0.3, 0.4) is 0 Å². The molecule has 11 atom stereocenters. The van der Waals surface area contributed by atoms with Gasteiger partial charge in [0.25, 0.3) is 0 Å². The van der Waals surface area contributed by atoms with Crippen LogP contribution in [-0.2, 0) is 71.1 Å². The summed E-state index contributed by atoms with van der Waals surface area (Å²) in [7, 11) is 0. The lowest BCUT2D eigenvalue weighted by Gasteiger charge is -2.34. The monoisotopic (exact) mass is 1250 g/mol. The predicted molar refractivity (Wildman–Crippen MR) is 341 cm³/mol. The van der Waals surface area contributed by atoms with Gasteiger partial charge in [-0.15, -0.1) is 6.58 Å². The van der Waals surface area contributed by atoms with Gasteiger partial charge in [0.15, 0.2) is 0 Å². The minimum absolute atomic E-state index is 0.0327. The van der Waals surface area contributed by atoms with Gasteiger partial charge in [-0.05, 0) is 134 Å². The van der Waals surface area contributed by atoms with Crippen molar-refractivity contribution in [1.29, 1.82) is 0 Å². The molecule has 6 fully saturated rings. The number of rotatable bonds is 10. The summed E-state index contributed by atoms with van der Waals surface area (Å²) in [5.74, 6) is -6.44. The Morgan fingerprint density at radius 2 is 0.857 bits per heavy atom. The molecule has 1 aromatic heterocycles. The van der Waals surface area contributed by atoms with E-state index in [0.717, 1.165) is 16.5 Å². The number of hydrogen-bond acceptors (Lipinski definition) is 11. The minimum atomic E-state index is -1.31. The van der Waals surface area contributed by atoms with Crippen molar-refractivity contribution in [2.45, 2.75) is 217 Å². The SMILES string of the molecule is C=CC(C)(C)n1cc(C[C@@H]2NC(=O)[C@@H]3CCCN3C(=O)[C@@H]3CCCN3C(=O)C(C)NC(=O)[C@H](C)NC(=O)[C@@H]3CCCN3C(=O)[C@H](CC(C)C)NC(=O)[C@@H]3CCCN3C(=O)[C@@H]3CCCN3C(=O)[C@H](Cc3ccccc3)NC(=O)[C@H](CC(C)C)NC2=O)c2ccccc21. The largest absolute Gasteiger partial charge is 0.343 e. The van der Waals surface area contributed by atoms with E-state index in [-0.39, 0.29) is 76.7 Å². The smallest absolute Gasteiger partial charge is 0.246 e. The maximum atomic E-state index is 15.3. The number of fused-ring (bicyclic) bond motifs is 6. The van der Waals surface area contributed by atoms with Crippen molar-refractivity contribution in [1.82, 2.24) is 61.0 Å². The number of nitrogens with one attached hydrogen (secondary N) is 6. The average Bonchev–Trinajstić information content (AvgIpc) is 1.67. The number of hydrogen-bond donors (Lipinski definition) is 6. The molecular formula is C68H94N12O11. The summed E-state index contributed by atoms with van der Waals surface area (Å²) < 4.78 is 2.05. The average molecular weight is 1260 g/mol. The Labute approximate surface area is 533 Å². The fourth-order valence-corrected chi connectivity index (χ4v) is 14.2. The van der Waals surface area contributed by atoms with E-state index in [9.17, 15) is 33.6 Å². The van der Waals surface area contributed by atoms with E-state index in [1.54, 1.807) is 0 Å². The van der Waals surface area contributed by atoms with Crippen molar-refractivity contribution in [2.75, 3.05) is 32.7 Å². The lowest BCUT2D eigenvalue weighted by molar-refractivity contribution is -0.148. The number of benzene rings is 2. The highest BCUT2D eigenvalue weighted by Crippen LogP contribution is 2.32. The van der Waals surface area contributed by atoms with Gasteiger partial charge in [0.05, 0.1) is 5.54 Å². The van der Waals surface area contributed by atoms with E-state index in [0.29, 0.717) is 63.4 Å². The molecule has 0 saturated carbocycles. The number of aromatic nitrogens is 1. The highest BCUT2D eigenvalue weighted by molar-refractivity contribution is 6.01. The second kappa shape index (κ2) is 29.0. The zero-order valence-electron chi connectivity index (χ0n) is 54.2. The highest BCUT2D eigenvalue weighted by atomic mass is 16.2. The third-order valence-electron chi connectivity index (χ3n) is 19.2. The molecule has 7 heterocycles. The zero-order chi connectivity index (χ0) is 65.6. The van der Waals surface area contributed by atoms with Crippen molar-refractivity contribution < 1.29 is 52.7 Å². The molecule has 0 radical (unpaired) electrons. The van der Waals surface area contributed by atoms with Gasteiger partial charge in [-0.25, -0.2) is 0 Å². The molecule has 23 heteroatoms. The summed E-state index contributed by atoms with van der Waals surface area (Å²) >= 11 is 0. The van der Waals surface area contributed by atoms with E-state index in [4.69, 9.17) is 0 Å². The Morgan fingerprint density at radius 3 is 1.40 bits per heavy atom. The number of amides is 11. The van der Waals surface area contributed by atoms with Crippen LogP contribution in [-0.4, -0.2) is 193 Å². The normalized spacial score (nSPS) is 28.5. The molecule has 6 aliphatic heterocycles. The molecule has 0 bridgehead atoms. The van der Waals surface area contributed by atoms with Gasteiger partial charge in [-0.1, -0.05) is 82.3 Å². The number of allylic oxidation sites excluding steroid dienone is 1. The quantitative estimate of drug-likeness (QED) is 0.160. The number of para-hydroxylation sites is 1. The van der Waals surface area contributed by atoms with E-state index in [2.05, 4.69) is 38.5 Å². The van der Waals surface area contributed by atoms with Gasteiger partial charge in [0.2, 0.25) is 65.0 Å². The maximum Gasteiger partial charge on any atom is 0.246 e. The molecular weight excluding hydrogens is 1160 g/mol. The summed E-state index contributed by atoms with van der Waals surface area (Å²) in [4.78, 5) is 169. The molecule has 23 nitrogen and oxygen atoms in total. The predicted octanol–water partition coefficient (Wildman–Crippen LogP) is 3.36. The van der Waals surface area contributed by atoms with Crippen LogP contribution in [0.4, 0.5) is 0 Å². The van der Waals surface area contributed by atoms with Crippen LogP contribution >= 0.6 is 0 Å². The van der Waals surface area contributed by atoms with Crippen molar-refractivity contribution in [2.24, 2.45) is 11.8 Å². The molecule has 1 unspecified atom stereocenters. The molecule has 0 spiro atoms. The second-order valence-corrected chi connectivity index (χ2v) is 27.2. The molecule has 492 valence electrons. The van der Waals surface area contributed by atoms with E-state index in [1.807, 2.05) is 113 Å². The fraction of sp³-hybridized carbons (Fsp3) is 0.603. The summed E-state index contributed by atoms with van der Waals surface area (Å²) in [6.45, 7) is 19.7. The van der Waals surface area contributed by atoms with Crippen molar-refractivity contribution in [3.05, 3.63) is 84.6 Å². The topological polar surface area (TPSA) is 281 Å². The van der Waals surface area contributed by atoms with Crippen LogP contribution in [0.15, 0.2) is 73.4 Å². The van der Waals surface area contributed by atoms with Gasteiger partial charge in [-0.3, -0.25) is 52.7 Å². The van der Waals surface area contributed by atoms with Crippen LogP contribution in [0, 0.1) is 11.8 Å². The molecule has 9 rings (SSSR count).